The fourth-order valence-electron chi connectivity index (χ4n) is 2.28. The number of rotatable bonds is 3. The van der Waals surface area contributed by atoms with Gasteiger partial charge in [-0.1, -0.05) is 0 Å². The molecular formula is C10H14N2O. The zero-order chi connectivity index (χ0) is 8.84. The van der Waals surface area contributed by atoms with E-state index in [1.165, 1.54) is 25.7 Å². The van der Waals surface area contributed by atoms with Crippen molar-refractivity contribution in [3.05, 3.63) is 22.9 Å². The second-order valence-corrected chi connectivity index (χ2v) is 4.34. The largest absolute Gasteiger partial charge is 0.325 e. The van der Waals surface area contributed by atoms with Gasteiger partial charge in [-0.25, -0.2) is 4.79 Å². The number of aromatic amines is 1. The quantitative estimate of drug-likeness (QED) is 0.749. The number of imidazole rings is 1. The molecule has 3 rings (SSSR count). The van der Waals surface area contributed by atoms with Gasteiger partial charge in [0.25, 0.3) is 0 Å². The fraction of sp³-hybridized carbons (Fsp3) is 0.700. The molecule has 2 fully saturated rings. The van der Waals surface area contributed by atoms with Crippen molar-refractivity contribution in [1.29, 1.82) is 0 Å². The third-order valence-electron chi connectivity index (χ3n) is 3.21. The van der Waals surface area contributed by atoms with Crippen molar-refractivity contribution in [1.82, 2.24) is 9.55 Å². The normalized spacial score (nSPS) is 22.5. The molecule has 0 aliphatic heterocycles. The van der Waals surface area contributed by atoms with Crippen LogP contribution in [0.4, 0.5) is 0 Å². The van der Waals surface area contributed by atoms with Crippen LogP contribution in [0, 0.1) is 11.8 Å². The average Bonchev–Trinajstić information content (AvgIpc) is 2.96. The molecule has 2 aliphatic rings. The highest BCUT2D eigenvalue weighted by atomic mass is 16.1. The Morgan fingerprint density at radius 2 is 1.92 bits per heavy atom. The molecule has 0 bridgehead atoms. The summed E-state index contributed by atoms with van der Waals surface area (Å²) in [7, 11) is 0. The van der Waals surface area contributed by atoms with Crippen LogP contribution in [0.3, 0.4) is 0 Å². The molecule has 0 saturated heterocycles. The highest BCUT2D eigenvalue weighted by molar-refractivity contribution is 4.97. The maximum Gasteiger partial charge on any atom is 0.325 e. The number of aromatic nitrogens is 2. The molecule has 3 heteroatoms. The van der Waals surface area contributed by atoms with Crippen molar-refractivity contribution in [2.24, 2.45) is 11.8 Å². The Hall–Kier alpha value is -0.990. The summed E-state index contributed by atoms with van der Waals surface area (Å²) in [4.78, 5) is 14.2. The van der Waals surface area contributed by atoms with Gasteiger partial charge in [-0.15, -0.1) is 0 Å². The predicted octanol–water partition coefficient (Wildman–Crippen LogP) is 1.54. The molecule has 0 amide bonds. The lowest BCUT2D eigenvalue weighted by Gasteiger charge is -2.15. The van der Waals surface area contributed by atoms with Gasteiger partial charge in [-0.3, -0.25) is 4.57 Å². The number of hydrogen-bond acceptors (Lipinski definition) is 1. The first kappa shape index (κ1) is 7.42. The van der Waals surface area contributed by atoms with Crippen LogP contribution in [-0.2, 0) is 0 Å². The molecule has 1 aromatic rings. The van der Waals surface area contributed by atoms with Gasteiger partial charge in [0.15, 0.2) is 0 Å². The van der Waals surface area contributed by atoms with Gasteiger partial charge in [0.2, 0.25) is 0 Å². The molecule has 1 heterocycles. The molecule has 1 N–H and O–H groups in total. The van der Waals surface area contributed by atoms with Crippen LogP contribution in [0.25, 0.3) is 0 Å². The molecule has 1 aromatic heterocycles. The predicted molar refractivity (Wildman–Crippen MR) is 49.5 cm³/mol. The Balaban J connectivity index is 1.95. The van der Waals surface area contributed by atoms with E-state index in [9.17, 15) is 4.79 Å². The third kappa shape index (κ3) is 1.23. The molecule has 0 unspecified atom stereocenters. The number of hydrogen-bond donors (Lipinski definition) is 1. The average molecular weight is 178 g/mol. The highest BCUT2D eigenvalue weighted by Gasteiger charge is 2.42. The van der Waals surface area contributed by atoms with Gasteiger partial charge in [-0.05, 0) is 37.5 Å². The standard InChI is InChI=1S/C10H14N2O/c13-10-11-5-6-12(10)9(7-1-2-7)8-3-4-8/h5-9H,1-4H2,(H,11,13). The van der Waals surface area contributed by atoms with Gasteiger partial charge in [0.05, 0.1) is 0 Å². The smallest absolute Gasteiger partial charge is 0.313 e. The van der Waals surface area contributed by atoms with Crippen molar-refractivity contribution in [3.63, 3.8) is 0 Å². The molecule has 0 atom stereocenters. The summed E-state index contributed by atoms with van der Waals surface area (Å²) in [5.74, 6) is 1.59. The summed E-state index contributed by atoms with van der Waals surface area (Å²) in [5, 5.41) is 0. The number of nitrogens with zero attached hydrogens (tertiary/aromatic N) is 1. The zero-order valence-electron chi connectivity index (χ0n) is 7.57. The maximum atomic E-state index is 11.4. The van der Waals surface area contributed by atoms with E-state index in [2.05, 4.69) is 4.98 Å². The lowest BCUT2D eigenvalue weighted by molar-refractivity contribution is 0.385. The summed E-state index contributed by atoms with van der Waals surface area (Å²) < 4.78 is 1.91. The van der Waals surface area contributed by atoms with Crippen LogP contribution < -0.4 is 5.69 Å². The van der Waals surface area contributed by atoms with E-state index in [0.717, 1.165) is 11.8 Å². The second kappa shape index (κ2) is 2.50. The summed E-state index contributed by atoms with van der Waals surface area (Å²) in [6.45, 7) is 0. The van der Waals surface area contributed by atoms with Crippen LogP contribution in [0.2, 0.25) is 0 Å². The first-order valence-corrected chi connectivity index (χ1v) is 5.12. The Kier molecular flexibility index (Phi) is 1.43. The van der Waals surface area contributed by atoms with Gasteiger partial charge in [-0.2, -0.15) is 0 Å². The Morgan fingerprint density at radius 1 is 1.31 bits per heavy atom. The van der Waals surface area contributed by atoms with E-state index in [4.69, 9.17) is 0 Å². The van der Waals surface area contributed by atoms with Crippen LogP contribution in [0.15, 0.2) is 17.2 Å². The minimum atomic E-state index is 0.0730. The van der Waals surface area contributed by atoms with Crippen LogP contribution in [0.1, 0.15) is 31.7 Å². The molecule has 0 aromatic carbocycles. The van der Waals surface area contributed by atoms with Crippen molar-refractivity contribution in [2.45, 2.75) is 31.7 Å². The Morgan fingerprint density at radius 3 is 2.31 bits per heavy atom. The topological polar surface area (TPSA) is 37.8 Å². The van der Waals surface area contributed by atoms with Gasteiger partial charge < -0.3 is 4.98 Å². The number of H-pyrrole nitrogens is 1. The Labute approximate surface area is 76.8 Å². The summed E-state index contributed by atoms with van der Waals surface area (Å²) in [6.07, 6.45) is 8.93. The molecule has 0 spiro atoms. The summed E-state index contributed by atoms with van der Waals surface area (Å²) in [5.41, 5.74) is 0.0730. The van der Waals surface area contributed by atoms with Crippen LogP contribution in [-0.4, -0.2) is 9.55 Å². The molecule has 0 radical (unpaired) electrons. The van der Waals surface area contributed by atoms with E-state index < -0.39 is 0 Å². The lowest BCUT2D eigenvalue weighted by Crippen LogP contribution is -2.24. The summed E-state index contributed by atoms with van der Waals surface area (Å²) in [6, 6.07) is 0.513. The SMILES string of the molecule is O=c1[nH]ccn1C(C1CC1)C1CC1. The second-order valence-electron chi connectivity index (χ2n) is 4.34. The van der Waals surface area contributed by atoms with E-state index in [1.54, 1.807) is 6.20 Å². The molecule has 2 saturated carbocycles. The minimum Gasteiger partial charge on any atom is -0.313 e. The Bertz CT molecular complexity index is 345. The molecule has 3 nitrogen and oxygen atoms in total. The first-order chi connectivity index (χ1) is 6.36. The zero-order valence-corrected chi connectivity index (χ0v) is 7.57. The van der Waals surface area contributed by atoms with E-state index >= 15 is 0 Å². The van der Waals surface area contributed by atoms with Crippen molar-refractivity contribution in [3.8, 4) is 0 Å². The summed E-state index contributed by atoms with van der Waals surface area (Å²) >= 11 is 0. The molecule has 2 aliphatic carbocycles. The van der Waals surface area contributed by atoms with E-state index in [0.29, 0.717) is 6.04 Å². The minimum absolute atomic E-state index is 0.0730. The van der Waals surface area contributed by atoms with Crippen molar-refractivity contribution < 1.29 is 0 Å². The van der Waals surface area contributed by atoms with Crippen molar-refractivity contribution in [2.75, 3.05) is 0 Å². The molecular weight excluding hydrogens is 164 g/mol. The van der Waals surface area contributed by atoms with Crippen molar-refractivity contribution >= 4 is 0 Å². The fourth-order valence-corrected chi connectivity index (χ4v) is 2.28. The van der Waals surface area contributed by atoms with E-state index in [-0.39, 0.29) is 5.69 Å². The third-order valence-corrected chi connectivity index (χ3v) is 3.21. The first-order valence-electron chi connectivity index (χ1n) is 5.12. The van der Waals surface area contributed by atoms with Crippen LogP contribution in [0.5, 0.6) is 0 Å². The molecule has 13 heavy (non-hydrogen) atoms. The lowest BCUT2D eigenvalue weighted by atomic mass is 10.1. The van der Waals surface area contributed by atoms with Gasteiger partial charge in [0.1, 0.15) is 0 Å². The maximum absolute atomic E-state index is 11.4. The van der Waals surface area contributed by atoms with Gasteiger partial charge in [0, 0.05) is 18.4 Å². The highest BCUT2D eigenvalue weighted by Crippen LogP contribution is 2.51. The monoisotopic (exact) mass is 178 g/mol. The molecule has 70 valence electrons. The van der Waals surface area contributed by atoms with Gasteiger partial charge >= 0.3 is 5.69 Å². The van der Waals surface area contributed by atoms with E-state index in [1.807, 2.05) is 10.8 Å². The van der Waals surface area contributed by atoms with Crippen LogP contribution >= 0.6 is 0 Å². The number of nitrogens with one attached hydrogen (secondary N) is 1.